The van der Waals surface area contributed by atoms with Crippen LogP contribution >= 0.6 is 11.3 Å². The Hall–Kier alpha value is -4.24. The molecular weight excluding hydrogens is 478 g/mol. The second kappa shape index (κ2) is 11.0. The quantitative estimate of drug-likeness (QED) is 0.307. The van der Waals surface area contributed by atoms with Gasteiger partial charge in [0.05, 0.1) is 18.2 Å². The van der Waals surface area contributed by atoms with Gasteiger partial charge in [-0.25, -0.2) is 0 Å². The minimum absolute atomic E-state index is 0.0535. The number of carbonyl (C=O) groups is 2. The molecule has 1 aliphatic heterocycles. The molecule has 0 spiro atoms. The maximum atomic E-state index is 13.4. The van der Waals surface area contributed by atoms with Crippen LogP contribution in [-0.4, -0.2) is 40.2 Å². The molecular formula is C27H25N3O5S. The van der Waals surface area contributed by atoms with Gasteiger partial charge in [-0.3, -0.25) is 14.5 Å². The number of rotatable bonds is 10. The number of allylic oxidation sites excluding steroid dienone is 1. The molecule has 1 N–H and O–H groups in total. The maximum absolute atomic E-state index is 13.4. The molecule has 4 rings (SSSR count). The topological polar surface area (TPSA) is 102 Å². The van der Waals surface area contributed by atoms with E-state index in [1.165, 1.54) is 22.3 Å². The van der Waals surface area contributed by atoms with Crippen LogP contribution in [0.3, 0.4) is 0 Å². The first-order chi connectivity index (χ1) is 17.4. The van der Waals surface area contributed by atoms with E-state index in [1.54, 1.807) is 37.3 Å². The summed E-state index contributed by atoms with van der Waals surface area (Å²) in [4.78, 5) is 27.9. The summed E-state index contributed by atoms with van der Waals surface area (Å²) in [6, 6.07) is 13.5. The average Bonchev–Trinajstić information content (AvgIpc) is 3.42. The first-order valence-electron chi connectivity index (χ1n) is 11.3. The van der Waals surface area contributed by atoms with Crippen LogP contribution in [0.2, 0.25) is 0 Å². The summed E-state index contributed by atoms with van der Waals surface area (Å²) in [5.41, 5.74) is 1.30. The van der Waals surface area contributed by atoms with Gasteiger partial charge in [-0.05, 0) is 43.2 Å². The molecule has 9 heteroatoms. The number of nitrogens with zero attached hydrogens (tertiary/aromatic N) is 3. The van der Waals surface area contributed by atoms with Crippen molar-refractivity contribution in [2.24, 2.45) is 0 Å². The second-order valence-electron chi connectivity index (χ2n) is 7.79. The third-order valence-corrected chi connectivity index (χ3v) is 6.20. The minimum atomic E-state index is -0.939. The van der Waals surface area contributed by atoms with Crippen molar-refractivity contribution in [3.8, 4) is 11.5 Å². The standard InChI is InChI=1S/C27H25N3O5S/c1-4-15-35-21-14-12-19(16-22(21)34-5-2)24-23(20(31)13-11-18-9-7-6-8-10-18)25(32)26(33)30(24)27-29-28-17(3)36-27/h4,6-14,16,24,32H,1,5,15H2,2-3H3. The van der Waals surface area contributed by atoms with E-state index >= 15 is 0 Å². The molecule has 2 heterocycles. The third-order valence-electron chi connectivity index (χ3n) is 5.36. The van der Waals surface area contributed by atoms with Crippen LogP contribution in [0, 0.1) is 6.92 Å². The zero-order chi connectivity index (χ0) is 25.7. The van der Waals surface area contributed by atoms with Gasteiger partial charge in [0.25, 0.3) is 5.91 Å². The van der Waals surface area contributed by atoms with Crippen molar-refractivity contribution in [2.75, 3.05) is 18.1 Å². The van der Waals surface area contributed by atoms with Crippen molar-refractivity contribution in [2.45, 2.75) is 19.9 Å². The van der Waals surface area contributed by atoms with Crippen molar-refractivity contribution in [3.63, 3.8) is 0 Å². The van der Waals surface area contributed by atoms with E-state index in [0.717, 1.165) is 5.56 Å². The lowest BCUT2D eigenvalue weighted by Gasteiger charge is -2.24. The highest BCUT2D eigenvalue weighted by atomic mass is 32.1. The molecule has 1 amide bonds. The molecule has 3 aromatic rings. The molecule has 0 radical (unpaired) electrons. The summed E-state index contributed by atoms with van der Waals surface area (Å²) in [5.74, 6) is -0.912. The van der Waals surface area contributed by atoms with Crippen LogP contribution in [0.4, 0.5) is 5.13 Å². The predicted octanol–water partition coefficient (Wildman–Crippen LogP) is 4.99. The first kappa shape index (κ1) is 24.9. The van der Waals surface area contributed by atoms with Crippen molar-refractivity contribution in [1.29, 1.82) is 0 Å². The van der Waals surface area contributed by atoms with Crippen molar-refractivity contribution in [1.82, 2.24) is 10.2 Å². The Labute approximate surface area is 212 Å². The smallest absolute Gasteiger partial charge is 0.296 e. The summed E-state index contributed by atoms with van der Waals surface area (Å²) in [6.07, 6.45) is 4.61. The molecule has 0 aliphatic carbocycles. The molecule has 0 fully saturated rings. The number of aryl methyl sites for hydroxylation is 1. The largest absolute Gasteiger partial charge is 0.503 e. The molecule has 0 bridgehead atoms. The number of benzene rings is 2. The molecule has 1 aliphatic rings. The van der Waals surface area contributed by atoms with Gasteiger partial charge in [0.2, 0.25) is 5.13 Å². The van der Waals surface area contributed by atoms with Crippen molar-refractivity contribution >= 4 is 34.2 Å². The van der Waals surface area contributed by atoms with Crippen molar-refractivity contribution < 1.29 is 24.2 Å². The Bertz CT molecular complexity index is 1350. The number of amides is 1. The molecule has 0 saturated carbocycles. The highest BCUT2D eigenvalue weighted by Crippen LogP contribution is 2.44. The molecule has 2 aromatic carbocycles. The van der Waals surface area contributed by atoms with Crippen LogP contribution in [0.15, 0.2) is 78.6 Å². The van der Waals surface area contributed by atoms with Gasteiger partial charge in [0.1, 0.15) is 11.6 Å². The lowest BCUT2D eigenvalue weighted by atomic mass is 9.95. The van der Waals surface area contributed by atoms with Crippen LogP contribution in [-0.2, 0) is 9.59 Å². The summed E-state index contributed by atoms with van der Waals surface area (Å²) in [5, 5.41) is 19.9. The number of anilines is 1. The summed E-state index contributed by atoms with van der Waals surface area (Å²) in [6.45, 7) is 7.93. The van der Waals surface area contributed by atoms with Crippen molar-refractivity contribution in [3.05, 3.63) is 94.7 Å². The SMILES string of the molecule is C=CCOc1ccc(C2C(C(=O)C=Cc3ccccc3)=C(O)C(=O)N2c2nnc(C)s2)cc1OCC. The van der Waals surface area contributed by atoms with Gasteiger partial charge in [0.15, 0.2) is 23.0 Å². The van der Waals surface area contributed by atoms with Gasteiger partial charge >= 0.3 is 0 Å². The molecule has 1 unspecified atom stereocenters. The lowest BCUT2D eigenvalue weighted by Crippen LogP contribution is -2.31. The molecule has 36 heavy (non-hydrogen) atoms. The number of hydrogen-bond acceptors (Lipinski definition) is 8. The Balaban J connectivity index is 1.80. The number of aliphatic hydroxyl groups excluding tert-OH is 1. The average molecular weight is 504 g/mol. The van der Waals surface area contributed by atoms with Crippen LogP contribution in [0.1, 0.15) is 29.1 Å². The van der Waals surface area contributed by atoms with E-state index in [2.05, 4.69) is 16.8 Å². The highest BCUT2D eigenvalue weighted by molar-refractivity contribution is 7.15. The summed E-state index contributed by atoms with van der Waals surface area (Å²) >= 11 is 1.19. The number of hydrogen-bond donors (Lipinski definition) is 1. The van der Waals surface area contributed by atoms with E-state index in [1.807, 2.05) is 37.3 Å². The zero-order valence-corrected chi connectivity index (χ0v) is 20.7. The fraction of sp³-hybridized carbons (Fsp3) is 0.185. The fourth-order valence-electron chi connectivity index (χ4n) is 3.81. The molecule has 184 valence electrons. The van der Waals surface area contributed by atoms with Gasteiger partial charge in [0, 0.05) is 0 Å². The lowest BCUT2D eigenvalue weighted by molar-refractivity contribution is -0.117. The predicted molar refractivity (Wildman–Crippen MR) is 138 cm³/mol. The second-order valence-corrected chi connectivity index (χ2v) is 8.95. The Morgan fingerprint density at radius 2 is 1.94 bits per heavy atom. The number of ketones is 1. The fourth-order valence-corrected chi connectivity index (χ4v) is 4.52. The number of carbonyl (C=O) groups excluding carboxylic acids is 2. The van der Waals surface area contributed by atoms with Crippen LogP contribution in [0.5, 0.6) is 11.5 Å². The molecule has 1 aromatic heterocycles. The number of ether oxygens (including phenoxy) is 2. The van der Waals surface area contributed by atoms with Crippen LogP contribution in [0.25, 0.3) is 6.08 Å². The third kappa shape index (κ3) is 5.06. The Kier molecular flexibility index (Phi) is 7.60. The van der Waals surface area contributed by atoms with Gasteiger partial charge in [-0.15, -0.1) is 10.2 Å². The molecule has 0 saturated heterocycles. The van der Waals surface area contributed by atoms with E-state index in [9.17, 15) is 14.7 Å². The normalized spacial score (nSPS) is 15.6. The van der Waals surface area contributed by atoms with Crippen LogP contribution < -0.4 is 14.4 Å². The van der Waals surface area contributed by atoms with Gasteiger partial charge in [-0.2, -0.15) is 0 Å². The van der Waals surface area contributed by atoms with E-state index in [-0.39, 0.29) is 17.3 Å². The number of aromatic nitrogens is 2. The molecule has 1 atom stereocenters. The van der Waals surface area contributed by atoms with Gasteiger partial charge < -0.3 is 14.6 Å². The summed E-state index contributed by atoms with van der Waals surface area (Å²) < 4.78 is 11.5. The van der Waals surface area contributed by atoms with Gasteiger partial charge in [-0.1, -0.05) is 66.5 Å². The first-order valence-corrected chi connectivity index (χ1v) is 12.1. The monoisotopic (exact) mass is 503 g/mol. The zero-order valence-electron chi connectivity index (χ0n) is 19.9. The van der Waals surface area contributed by atoms with E-state index in [0.29, 0.717) is 28.7 Å². The number of aliphatic hydroxyl groups is 1. The highest BCUT2D eigenvalue weighted by Gasteiger charge is 2.45. The Morgan fingerprint density at radius 1 is 1.17 bits per heavy atom. The Morgan fingerprint density at radius 3 is 2.61 bits per heavy atom. The maximum Gasteiger partial charge on any atom is 0.296 e. The summed E-state index contributed by atoms with van der Waals surface area (Å²) in [7, 11) is 0. The molecule has 8 nitrogen and oxygen atoms in total. The van der Waals surface area contributed by atoms with E-state index in [4.69, 9.17) is 9.47 Å². The van der Waals surface area contributed by atoms with E-state index < -0.39 is 23.5 Å². The minimum Gasteiger partial charge on any atom is -0.503 e.